The van der Waals surface area contributed by atoms with Gasteiger partial charge in [0.05, 0.1) is 82.5 Å². The Morgan fingerprint density at radius 2 is 0.540 bits per heavy atom. The highest BCUT2D eigenvalue weighted by Gasteiger charge is 2.27. The van der Waals surface area contributed by atoms with Gasteiger partial charge < -0.3 is 71.5 Å². The number of carboxylic acid groups (broad SMARTS) is 3. The average molecular weight is 891 g/mol. The molecule has 17 heteroatoms. The minimum Gasteiger partial charge on any atom is -0.516 e. The minimum absolute atomic E-state index is 0.176. The third-order valence-corrected chi connectivity index (χ3v) is 6.98. The summed E-state index contributed by atoms with van der Waals surface area (Å²) in [5.74, 6) is -2.81. The van der Waals surface area contributed by atoms with Gasteiger partial charge in [0.1, 0.15) is 0 Å². The van der Waals surface area contributed by atoms with Crippen molar-refractivity contribution in [2.75, 3.05) is 52.9 Å². The fourth-order valence-electron chi connectivity index (χ4n) is 2.55. The van der Waals surface area contributed by atoms with Crippen LogP contribution in [0.1, 0.15) is 37.5 Å². The Hall–Kier alpha value is -6.41. The first-order valence-corrected chi connectivity index (χ1v) is 18.3. The third-order valence-electron chi connectivity index (χ3n) is 6.98. The van der Waals surface area contributed by atoms with Crippen molar-refractivity contribution in [1.82, 2.24) is 0 Å². The van der Waals surface area contributed by atoms with Crippen LogP contribution < -0.4 is 0 Å². The number of carbonyl (C=O) groups is 3. The molecule has 0 aliphatic rings. The number of aliphatic hydroxyl groups excluding tert-OH is 11. The lowest BCUT2D eigenvalue weighted by Gasteiger charge is -2.23. The highest BCUT2D eigenvalue weighted by Crippen LogP contribution is 2.12. The molecule has 17 nitrogen and oxygen atoms in total. The summed E-state index contributed by atoms with van der Waals surface area (Å²) in [5.41, 5.74) is 1.35. The van der Waals surface area contributed by atoms with Crippen LogP contribution in [0.15, 0.2) is 146 Å². The quantitative estimate of drug-likeness (QED) is 0.0784. The predicted molar refractivity (Wildman–Crippen MR) is 243 cm³/mol. The molecule has 3 aromatic carbocycles. The monoisotopic (exact) mass is 890 g/mol. The van der Waals surface area contributed by atoms with E-state index in [0.717, 1.165) is 35.5 Å². The van der Waals surface area contributed by atoms with E-state index in [1.54, 1.807) is 18.2 Å². The van der Waals surface area contributed by atoms with E-state index < -0.39 is 81.6 Å². The van der Waals surface area contributed by atoms with Crippen LogP contribution in [0.25, 0.3) is 18.2 Å². The van der Waals surface area contributed by atoms with Gasteiger partial charge in [-0.1, -0.05) is 111 Å². The zero-order valence-corrected chi connectivity index (χ0v) is 35.9. The second kappa shape index (κ2) is 43.7. The Morgan fingerprint density at radius 3 is 0.619 bits per heavy atom. The van der Waals surface area contributed by atoms with Crippen LogP contribution in [-0.2, 0) is 14.4 Å². The molecule has 3 aromatic rings. The van der Waals surface area contributed by atoms with Crippen molar-refractivity contribution in [3.8, 4) is 0 Å². The van der Waals surface area contributed by atoms with Gasteiger partial charge >= 0.3 is 17.9 Å². The largest absolute Gasteiger partial charge is 0.516 e. The number of aliphatic hydroxyl groups is 11. The molecule has 0 heterocycles. The smallest absolute Gasteiger partial charge is 0.330 e. The van der Waals surface area contributed by atoms with E-state index in [2.05, 4.69) is 19.7 Å². The lowest BCUT2D eigenvalue weighted by molar-refractivity contribution is -0.133. The molecule has 3 rings (SSSR count). The van der Waals surface area contributed by atoms with Gasteiger partial charge in [0.25, 0.3) is 0 Å². The van der Waals surface area contributed by atoms with E-state index in [4.69, 9.17) is 71.5 Å². The standard InChI is InChI=1S/3C8H8O.2C5H12O4.3C4H6O2/c3*9-7-6-8-4-2-1-3-5-8;2*6-1-5(2-7,3-8)4-9;3*1-3(2)4(5)6/h3*1-7,9H;2*6-9H,1-4H2;3*1H2,2H3,(H,5,6). The van der Waals surface area contributed by atoms with Crippen LogP contribution in [-0.4, -0.2) is 142 Å². The van der Waals surface area contributed by atoms with Crippen molar-refractivity contribution in [1.29, 1.82) is 0 Å². The van der Waals surface area contributed by atoms with Crippen molar-refractivity contribution in [2.24, 2.45) is 10.8 Å². The first kappa shape index (κ1) is 65.7. The molecule has 63 heavy (non-hydrogen) atoms. The van der Waals surface area contributed by atoms with E-state index in [9.17, 15) is 14.4 Å². The molecule has 0 amide bonds. The van der Waals surface area contributed by atoms with Gasteiger partial charge in [-0.05, 0) is 55.7 Å². The maximum Gasteiger partial charge on any atom is 0.330 e. The molecule has 0 atom stereocenters. The molecule has 0 aliphatic carbocycles. The van der Waals surface area contributed by atoms with Gasteiger partial charge in [0, 0.05) is 16.7 Å². The molecule has 0 radical (unpaired) electrons. The van der Waals surface area contributed by atoms with Crippen molar-refractivity contribution in [3.05, 3.63) is 163 Å². The predicted octanol–water partition coefficient (Wildman–Crippen LogP) is 4.47. The summed E-state index contributed by atoms with van der Waals surface area (Å²) in [4.78, 5) is 28.8. The van der Waals surface area contributed by atoms with E-state index in [0.29, 0.717) is 0 Å². The summed E-state index contributed by atoms with van der Waals surface area (Å²) >= 11 is 0. The van der Waals surface area contributed by atoms with Gasteiger partial charge in [-0.25, -0.2) is 14.4 Å². The molecule has 0 fully saturated rings. The molecule has 0 aromatic heterocycles. The van der Waals surface area contributed by atoms with E-state index in [1.807, 2.05) is 91.0 Å². The van der Waals surface area contributed by atoms with Gasteiger partial charge in [0.15, 0.2) is 0 Å². The van der Waals surface area contributed by atoms with Crippen molar-refractivity contribution < 1.29 is 85.9 Å². The zero-order chi connectivity index (χ0) is 49.7. The highest BCUT2D eigenvalue weighted by molar-refractivity contribution is 5.85. The summed E-state index contributed by atoms with van der Waals surface area (Å²) in [5, 5.41) is 117. The Balaban J connectivity index is -0.000000205. The van der Waals surface area contributed by atoms with Crippen LogP contribution in [0.3, 0.4) is 0 Å². The van der Waals surface area contributed by atoms with Crippen LogP contribution >= 0.6 is 0 Å². The maximum atomic E-state index is 9.60. The third kappa shape index (κ3) is 40.8. The number of rotatable bonds is 14. The number of aliphatic carboxylic acids is 3. The van der Waals surface area contributed by atoms with Gasteiger partial charge in [-0.2, -0.15) is 0 Å². The first-order chi connectivity index (χ1) is 29.7. The summed E-state index contributed by atoms with van der Waals surface area (Å²) in [7, 11) is 0. The summed E-state index contributed by atoms with van der Waals surface area (Å²) in [6.45, 7) is 10.6. The normalized spacial score (nSPS) is 9.95. The Bertz CT molecular complexity index is 1440. The van der Waals surface area contributed by atoms with Crippen LogP contribution in [0.4, 0.5) is 0 Å². The molecule has 0 unspecified atom stereocenters. The molecule has 0 bridgehead atoms. The number of benzene rings is 3. The Kier molecular flexibility index (Phi) is 45.5. The maximum absolute atomic E-state index is 9.60. The van der Waals surface area contributed by atoms with Gasteiger partial charge in [-0.15, -0.1) is 0 Å². The molecule has 14 N–H and O–H groups in total. The Labute approximate surface area is 368 Å². The molecule has 0 aliphatic heterocycles. The average Bonchev–Trinajstić information content (AvgIpc) is 3.29. The van der Waals surface area contributed by atoms with Crippen LogP contribution in [0.2, 0.25) is 0 Å². The summed E-state index contributed by atoms with van der Waals surface area (Å²) < 4.78 is 0. The summed E-state index contributed by atoms with van der Waals surface area (Å²) in [6, 6.07) is 28.9. The van der Waals surface area contributed by atoms with Crippen LogP contribution in [0.5, 0.6) is 0 Å². The van der Waals surface area contributed by atoms with Crippen LogP contribution in [0, 0.1) is 10.8 Å². The van der Waals surface area contributed by atoms with Gasteiger partial charge in [0.2, 0.25) is 0 Å². The number of hydrogen-bond donors (Lipinski definition) is 14. The number of hydrogen-bond acceptors (Lipinski definition) is 14. The SMILES string of the molecule is C=C(C)C(=O)O.C=C(C)C(=O)O.C=C(C)C(=O)O.OC=Cc1ccccc1.OC=Cc1ccccc1.OC=Cc1ccccc1.OCC(CO)(CO)CO.OCC(CO)(CO)CO. The fourth-order valence-corrected chi connectivity index (χ4v) is 2.55. The fraction of sp³-hybridized carbons (Fsp3) is 0.283. The molecular weight excluding hydrogens is 824 g/mol. The molecule has 352 valence electrons. The van der Waals surface area contributed by atoms with Crippen molar-refractivity contribution in [3.63, 3.8) is 0 Å². The lowest BCUT2D eigenvalue weighted by atomic mass is 9.93. The molecule has 0 spiro atoms. The molecule has 0 saturated heterocycles. The second-order valence-corrected chi connectivity index (χ2v) is 12.7. The lowest BCUT2D eigenvalue weighted by Crippen LogP contribution is -2.37. The Morgan fingerprint density at radius 1 is 0.397 bits per heavy atom. The zero-order valence-electron chi connectivity index (χ0n) is 35.9. The highest BCUT2D eigenvalue weighted by atomic mass is 16.4. The number of carboxylic acids is 3. The van der Waals surface area contributed by atoms with E-state index in [1.165, 1.54) is 20.8 Å². The first-order valence-electron chi connectivity index (χ1n) is 18.3. The minimum atomic E-state index is -1.11. The van der Waals surface area contributed by atoms with E-state index in [-0.39, 0.29) is 16.7 Å². The molecular formula is C46H66O17. The van der Waals surface area contributed by atoms with Crippen molar-refractivity contribution >= 4 is 36.1 Å². The van der Waals surface area contributed by atoms with Gasteiger partial charge in [-0.3, -0.25) is 0 Å². The second-order valence-electron chi connectivity index (χ2n) is 12.7. The molecule has 0 saturated carbocycles. The summed E-state index contributed by atoms with van der Waals surface area (Å²) in [6.07, 6.45) is 8.03. The van der Waals surface area contributed by atoms with Crippen molar-refractivity contribution in [2.45, 2.75) is 20.8 Å². The topological polar surface area (TPSA) is 334 Å². The van der Waals surface area contributed by atoms with E-state index >= 15 is 0 Å².